The van der Waals surface area contributed by atoms with E-state index in [1.54, 1.807) is 12.4 Å². The summed E-state index contributed by atoms with van der Waals surface area (Å²) in [5, 5.41) is 26.2. The summed E-state index contributed by atoms with van der Waals surface area (Å²) in [5.74, 6) is 0. The van der Waals surface area contributed by atoms with Gasteiger partial charge >= 0.3 is 0 Å². The molecule has 10 rings (SSSR count). The SMILES string of the molecule is N#Cc1cncc(-c2cccc(-c3cc4c(c5ccccc35)c3c5ccccc5c(-c5cccc(-c6cncc(C#N)c6)c5)cc3n4-c3ccccc3)c2)c1. The number of fused-ring (bicyclic) bond motifs is 7. The highest BCUT2D eigenvalue weighted by Crippen LogP contribution is 2.46. The van der Waals surface area contributed by atoms with Gasteiger partial charge in [0, 0.05) is 52.4 Å². The first-order chi connectivity index (χ1) is 27.2. The molecule has 0 amide bonds. The maximum Gasteiger partial charge on any atom is 0.101 e. The highest BCUT2D eigenvalue weighted by Gasteiger charge is 2.22. The number of nitriles is 2. The largest absolute Gasteiger partial charge is 0.309 e. The number of aromatic nitrogens is 3. The fourth-order valence-corrected chi connectivity index (χ4v) is 8.11. The number of rotatable bonds is 5. The van der Waals surface area contributed by atoms with Crippen molar-refractivity contribution < 1.29 is 0 Å². The molecule has 0 spiro atoms. The zero-order valence-electron chi connectivity index (χ0n) is 29.5. The van der Waals surface area contributed by atoms with Crippen LogP contribution >= 0.6 is 0 Å². The van der Waals surface area contributed by atoms with E-state index in [0.29, 0.717) is 11.1 Å². The molecule has 3 heterocycles. The van der Waals surface area contributed by atoms with Gasteiger partial charge in [0.1, 0.15) is 12.1 Å². The molecule has 0 fully saturated rings. The topological polar surface area (TPSA) is 78.3 Å². The van der Waals surface area contributed by atoms with Crippen LogP contribution in [0.4, 0.5) is 0 Å². The molecule has 5 heteroatoms. The van der Waals surface area contributed by atoms with Crippen molar-refractivity contribution in [2.24, 2.45) is 0 Å². The molecule has 0 radical (unpaired) electrons. The van der Waals surface area contributed by atoms with Crippen LogP contribution in [-0.2, 0) is 0 Å². The van der Waals surface area contributed by atoms with Crippen LogP contribution in [0.5, 0.6) is 0 Å². The van der Waals surface area contributed by atoms with Gasteiger partial charge in [-0.2, -0.15) is 10.5 Å². The lowest BCUT2D eigenvalue weighted by Crippen LogP contribution is -1.95. The van der Waals surface area contributed by atoms with Gasteiger partial charge in [0.15, 0.2) is 0 Å². The molecular formula is C50H29N5. The summed E-state index contributed by atoms with van der Waals surface area (Å²) in [6.07, 6.45) is 6.81. The van der Waals surface area contributed by atoms with E-state index in [9.17, 15) is 10.5 Å². The van der Waals surface area contributed by atoms with Crippen molar-refractivity contribution in [3.05, 3.63) is 188 Å². The Labute approximate surface area is 317 Å². The minimum absolute atomic E-state index is 0.533. The number of para-hydroxylation sites is 1. The van der Waals surface area contributed by atoms with Crippen LogP contribution in [0.1, 0.15) is 11.1 Å². The van der Waals surface area contributed by atoms with Gasteiger partial charge in [-0.25, -0.2) is 0 Å². The second-order valence-electron chi connectivity index (χ2n) is 13.7. The van der Waals surface area contributed by atoms with Gasteiger partial charge < -0.3 is 4.57 Å². The minimum atomic E-state index is 0.533. The van der Waals surface area contributed by atoms with E-state index in [1.165, 1.54) is 21.5 Å². The number of nitrogens with zero attached hydrogens (tertiary/aromatic N) is 5. The first kappa shape index (κ1) is 31.8. The van der Waals surface area contributed by atoms with Crippen LogP contribution < -0.4 is 0 Å². The van der Waals surface area contributed by atoms with Crippen molar-refractivity contribution in [3.63, 3.8) is 0 Å². The molecule has 0 aliphatic heterocycles. The van der Waals surface area contributed by atoms with E-state index in [0.717, 1.165) is 72.0 Å². The van der Waals surface area contributed by atoms with E-state index in [4.69, 9.17) is 0 Å². The molecule has 55 heavy (non-hydrogen) atoms. The Morgan fingerprint density at radius 1 is 0.382 bits per heavy atom. The monoisotopic (exact) mass is 699 g/mol. The fourth-order valence-electron chi connectivity index (χ4n) is 8.11. The van der Waals surface area contributed by atoms with Gasteiger partial charge in [0.05, 0.1) is 22.2 Å². The lowest BCUT2D eigenvalue weighted by molar-refractivity contribution is 1.18. The predicted octanol–water partition coefficient (Wildman–Crippen LogP) is 12.3. The summed E-state index contributed by atoms with van der Waals surface area (Å²) in [6.45, 7) is 0. The zero-order chi connectivity index (χ0) is 36.9. The molecule has 0 N–H and O–H groups in total. The second-order valence-corrected chi connectivity index (χ2v) is 13.7. The van der Waals surface area contributed by atoms with Crippen molar-refractivity contribution in [1.29, 1.82) is 10.5 Å². The molecule has 0 saturated heterocycles. The van der Waals surface area contributed by atoms with Gasteiger partial charge in [-0.3, -0.25) is 9.97 Å². The number of benzene rings is 7. The minimum Gasteiger partial charge on any atom is -0.309 e. The van der Waals surface area contributed by atoms with E-state index in [2.05, 4.69) is 166 Å². The first-order valence-corrected chi connectivity index (χ1v) is 18.1. The Balaban J connectivity index is 1.29. The predicted molar refractivity (Wildman–Crippen MR) is 223 cm³/mol. The van der Waals surface area contributed by atoms with Crippen LogP contribution in [0.2, 0.25) is 0 Å². The second kappa shape index (κ2) is 13.0. The third kappa shape index (κ3) is 5.31. The Bertz CT molecular complexity index is 3040. The molecule has 0 atom stereocenters. The average molecular weight is 700 g/mol. The van der Waals surface area contributed by atoms with Gasteiger partial charge in [0.25, 0.3) is 0 Å². The fraction of sp³-hybridized carbons (Fsp3) is 0. The van der Waals surface area contributed by atoms with Crippen LogP contribution in [0.3, 0.4) is 0 Å². The summed E-state index contributed by atoms with van der Waals surface area (Å²) in [4.78, 5) is 8.67. The van der Waals surface area contributed by atoms with Crippen molar-refractivity contribution >= 4 is 43.4 Å². The van der Waals surface area contributed by atoms with Crippen molar-refractivity contribution in [2.75, 3.05) is 0 Å². The number of pyridine rings is 2. The van der Waals surface area contributed by atoms with Crippen LogP contribution in [0.15, 0.2) is 176 Å². The quantitative estimate of drug-likeness (QED) is 0.179. The molecule has 7 aromatic carbocycles. The molecule has 5 nitrogen and oxygen atoms in total. The summed E-state index contributed by atoms with van der Waals surface area (Å²) < 4.78 is 2.41. The van der Waals surface area contributed by atoms with E-state index >= 15 is 0 Å². The van der Waals surface area contributed by atoms with Gasteiger partial charge in [-0.05, 0) is 103 Å². The molecule has 254 valence electrons. The summed E-state index contributed by atoms with van der Waals surface area (Å²) in [5.41, 5.74) is 12.6. The number of hydrogen-bond donors (Lipinski definition) is 0. The van der Waals surface area contributed by atoms with Crippen LogP contribution in [0.25, 0.3) is 93.5 Å². The Morgan fingerprint density at radius 3 is 1.29 bits per heavy atom. The molecule has 10 aromatic rings. The van der Waals surface area contributed by atoms with Crippen molar-refractivity contribution in [2.45, 2.75) is 0 Å². The van der Waals surface area contributed by atoms with Gasteiger partial charge in [0.2, 0.25) is 0 Å². The smallest absolute Gasteiger partial charge is 0.101 e. The molecule has 0 aliphatic rings. The summed E-state index contributed by atoms with van der Waals surface area (Å²) in [7, 11) is 0. The van der Waals surface area contributed by atoms with Gasteiger partial charge in [-0.1, -0.05) is 103 Å². The Kier molecular flexibility index (Phi) is 7.51. The maximum atomic E-state index is 9.56. The van der Waals surface area contributed by atoms with Crippen LogP contribution in [0, 0.1) is 22.7 Å². The van der Waals surface area contributed by atoms with Crippen LogP contribution in [-0.4, -0.2) is 14.5 Å². The highest BCUT2D eigenvalue weighted by molar-refractivity contribution is 6.31. The summed E-state index contributed by atoms with van der Waals surface area (Å²) >= 11 is 0. The molecule has 0 saturated carbocycles. The first-order valence-electron chi connectivity index (χ1n) is 18.1. The normalized spacial score (nSPS) is 11.2. The van der Waals surface area contributed by atoms with E-state index < -0.39 is 0 Å². The van der Waals surface area contributed by atoms with Gasteiger partial charge in [-0.15, -0.1) is 0 Å². The lowest BCUT2D eigenvalue weighted by atomic mass is 9.90. The average Bonchev–Trinajstić information content (AvgIpc) is 3.61. The maximum absolute atomic E-state index is 9.56. The van der Waals surface area contributed by atoms with E-state index in [1.807, 2.05) is 24.5 Å². The standard InChI is InChI=1S/C50H29N5/c51-26-32-20-38(30-53-28-32)34-10-8-12-36(22-34)45-24-47-49(43-18-6-4-16-41(43)45)50-44-19-7-5-17-42(44)46(25-48(50)55(47)40-14-2-1-3-15-40)37-13-9-11-35(23-37)39-21-33(27-52)29-54-31-39/h1-25,28-31H. The molecule has 0 aliphatic carbocycles. The Morgan fingerprint density at radius 2 is 0.818 bits per heavy atom. The van der Waals surface area contributed by atoms with Crippen molar-refractivity contribution in [3.8, 4) is 62.3 Å². The molecule has 3 aromatic heterocycles. The molecule has 0 unspecified atom stereocenters. The molecule has 0 bridgehead atoms. The summed E-state index contributed by atoms with van der Waals surface area (Å²) in [6, 6.07) is 58.0. The lowest BCUT2D eigenvalue weighted by Gasteiger charge is -2.13. The third-order valence-corrected chi connectivity index (χ3v) is 10.5. The Hall–Kier alpha value is -7.86. The van der Waals surface area contributed by atoms with Crippen molar-refractivity contribution in [1.82, 2.24) is 14.5 Å². The highest BCUT2D eigenvalue weighted by atomic mass is 15.0. The third-order valence-electron chi connectivity index (χ3n) is 10.5. The van der Waals surface area contributed by atoms with E-state index in [-0.39, 0.29) is 0 Å². The number of hydrogen-bond acceptors (Lipinski definition) is 4. The molecular weight excluding hydrogens is 671 g/mol. The zero-order valence-corrected chi connectivity index (χ0v) is 29.5.